The zero-order valence-electron chi connectivity index (χ0n) is 37.1. The van der Waals surface area contributed by atoms with Crippen LogP contribution in [0.5, 0.6) is 0 Å². The van der Waals surface area contributed by atoms with Crippen LogP contribution in [0, 0.1) is 0 Å². The van der Waals surface area contributed by atoms with Crippen LogP contribution in [-0.4, -0.2) is 301 Å². The molecule has 31 heteroatoms. The number of amides is 3. The normalized spacial score (nSPS) is 45.6. The highest BCUT2D eigenvalue weighted by Crippen LogP contribution is 2.36. The maximum Gasteiger partial charge on any atom is 0.217 e. The summed E-state index contributed by atoms with van der Waals surface area (Å²) in [6.07, 6.45) is -42.2. The van der Waals surface area contributed by atoms with Crippen LogP contribution < -0.4 is 16.0 Å². The van der Waals surface area contributed by atoms with Gasteiger partial charge in [0.15, 0.2) is 31.5 Å². The average Bonchev–Trinajstić information content (AvgIpc) is 3.32. The Morgan fingerprint density at radius 2 is 0.841 bits per heavy atom. The molecule has 0 saturated carbocycles. The molecular weight excluding hydrogens is 946 g/mol. The first-order valence-corrected chi connectivity index (χ1v) is 21.8. The topological polar surface area (TPSA) is 483 Å². The van der Waals surface area contributed by atoms with Crippen LogP contribution in [0.2, 0.25) is 0 Å². The van der Waals surface area contributed by atoms with Crippen molar-refractivity contribution in [3.8, 4) is 0 Å². The van der Waals surface area contributed by atoms with Crippen molar-refractivity contribution in [2.45, 2.75) is 173 Å². The smallest absolute Gasteiger partial charge is 0.217 e. The lowest BCUT2D eigenvalue weighted by molar-refractivity contribution is -0.385. The van der Waals surface area contributed by atoms with E-state index in [0.717, 1.165) is 13.8 Å². The van der Waals surface area contributed by atoms with E-state index in [9.17, 15) is 91.0 Å². The van der Waals surface area contributed by atoms with Gasteiger partial charge in [-0.3, -0.25) is 14.4 Å². The van der Waals surface area contributed by atoms with Crippen molar-refractivity contribution in [1.82, 2.24) is 16.0 Å². The molecule has 18 N–H and O–H groups in total. The van der Waals surface area contributed by atoms with Gasteiger partial charge in [-0.1, -0.05) is 0 Å². The number of ether oxygens (including phenoxy) is 10. The second kappa shape index (κ2) is 25.9. The van der Waals surface area contributed by atoms with Gasteiger partial charge < -0.3 is 140 Å². The van der Waals surface area contributed by atoms with Crippen LogP contribution in [-0.2, 0) is 61.8 Å². The van der Waals surface area contributed by atoms with E-state index in [4.69, 9.17) is 47.4 Å². The van der Waals surface area contributed by atoms with Crippen LogP contribution in [0.3, 0.4) is 0 Å². The number of carbonyl (C=O) groups excluding carboxylic acids is 3. The van der Waals surface area contributed by atoms with Gasteiger partial charge in [0.05, 0.1) is 52.3 Å². The molecule has 5 aliphatic heterocycles. The quantitative estimate of drug-likeness (QED) is 0.0475. The highest BCUT2D eigenvalue weighted by molar-refractivity contribution is 5.73. The molecule has 0 aliphatic carbocycles. The fourth-order valence-corrected chi connectivity index (χ4v) is 8.42. The van der Waals surface area contributed by atoms with Gasteiger partial charge in [0, 0.05) is 13.8 Å². The molecule has 5 heterocycles. The van der Waals surface area contributed by atoms with Crippen molar-refractivity contribution >= 4 is 18.2 Å². The molecule has 3 amide bonds. The van der Waals surface area contributed by atoms with E-state index in [-0.39, 0.29) is 6.41 Å². The number of carbonyl (C=O) groups is 3. The van der Waals surface area contributed by atoms with E-state index >= 15 is 0 Å². The number of nitrogens with one attached hydrogen (secondary N) is 3. The molecule has 0 bridgehead atoms. The standard InChI is InChI=1S/C38H65N3O28/c1-11(49)40-19-24(54)21(51)14(4-43)61-34(19)68-32-22(52)15(5-44)62-37(28(32)58)66-30-17(7-46)64-35(20(25(30)55)41-12(2)50)69-33-23(53)16(6-45)63-38(29(33)59)67-31-18(8-47)65-36(27(57)26(31)56)60-9-13(3-42)39-10-48/h10,13-38,42-47,51-59H,3-9H2,1-2H3,(H,39,48)(H,40,49)(H,41,50)/t13-,14-,15-,16-,17-,18-,19-,20-,21-,22+,23+,24-,25-,26-,27-,28-,29-,30-,31-,32+,33+,34-,35+,36-,37+,38+/m1/s1. The SMILES string of the molecule is CC(=O)N[C@H]1[C@H](O[C@H]2[C@@H](O)[C@@H](CO)O[C@@H](O[C@H]3[C@H](O)[C@@H](O)[C@H](OC[C@@H](CO)NC=O)O[C@@H]3CO)[C@@H]2O)O[C@H](CO)[C@@H](O[C@@H]2O[C@H](CO)[C@H](O)[C@H](O[C@H]3O[C@H](CO)[C@@H](O)[C@H](O)[C@H]3NC(C)=O)[C@H]2O)[C@@H]1O. The summed E-state index contributed by atoms with van der Waals surface area (Å²) in [5.74, 6) is -1.57. The van der Waals surface area contributed by atoms with Crippen molar-refractivity contribution in [3.05, 3.63) is 0 Å². The molecule has 26 atom stereocenters. The lowest BCUT2D eigenvalue weighted by Gasteiger charge is -2.50. The Bertz CT molecular complexity index is 1610. The summed E-state index contributed by atoms with van der Waals surface area (Å²) in [5.41, 5.74) is 0. The molecule has 400 valence electrons. The molecule has 0 radical (unpaired) electrons. The van der Waals surface area contributed by atoms with Crippen molar-refractivity contribution in [3.63, 3.8) is 0 Å². The Labute approximate surface area is 391 Å². The first-order valence-electron chi connectivity index (χ1n) is 21.8. The van der Waals surface area contributed by atoms with Gasteiger partial charge in [0.1, 0.15) is 122 Å². The van der Waals surface area contributed by atoms with Gasteiger partial charge in [0.25, 0.3) is 0 Å². The zero-order valence-corrected chi connectivity index (χ0v) is 37.1. The van der Waals surface area contributed by atoms with Gasteiger partial charge in [-0.05, 0) is 0 Å². The Balaban J connectivity index is 1.34. The molecule has 5 fully saturated rings. The minimum Gasteiger partial charge on any atom is -0.394 e. The second-order valence-electron chi connectivity index (χ2n) is 16.9. The number of aliphatic hydroxyl groups is 15. The third-order valence-electron chi connectivity index (χ3n) is 12.1. The molecule has 31 nitrogen and oxygen atoms in total. The fourth-order valence-electron chi connectivity index (χ4n) is 8.42. The van der Waals surface area contributed by atoms with Crippen molar-refractivity contribution in [2.75, 3.05) is 46.2 Å². The van der Waals surface area contributed by atoms with E-state index in [1.807, 2.05) is 0 Å². The largest absolute Gasteiger partial charge is 0.394 e. The van der Waals surface area contributed by atoms with E-state index < -0.39 is 218 Å². The Morgan fingerprint density at radius 3 is 1.26 bits per heavy atom. The minimum absolute atomic E-state index is 0.285. The molecule has 5 rings (SSSR count). The molecule has 0 aromatic carbocycles. The highest BCUT2D eigenvalue weighted by Gasteiger charge is 2.57. The fraction of sp³-hybridized carbons (Fsp3) is 0.921. The molecule has 0 spiro atoms. The van der Waals surface area contributed by atoms with E-state index in [0.29, 0.717) is 0 Å². The maximum atomic E-state index is 12.6. The molecule has 0 unspecified atom stereocenters. The van der Waals surface area contributed by atoms with E-state index in [1.54, 1.807) is 0 Å². The molecule has 5 saturated heterocycles. The highest BCUT2D eigenvalue weighted by atomic mass is 16.8. The number of rotatable bonds is 21. The maximum absolute atomic E-state index is 12.6. The van der Waals surface area contributed by atoms with Crippen molar-refractivity contribution < 1.29 is 138 Å². The number of aliphatic hydroxyl groups excluding tert-OH is 15. The monoisotopic (exact) mass is 1010 g/mol. The number of hydrogen-bond acceptors (Lipinski definition) is 28. The second-order valence-corrected chi connectivity index (χ2v) is 16.9. The summed E-state index contributed by atoms with van der Waals surface area (Å²) in [5, 5.41) is 167. The minimum atomic E-state index is -2.14. The van der Waals surface area contributed by atoms with Gasteiger partial charge >= 0.3 is 0 Å². The first-order chi connectivity index (χ1) is 32.8. The van der Waals surface area contributed by atoms with Crippen molar-refractivity contribution in [1.29, 1.82) is 0 Å². The van der Waals surface area contributed by atoms with E-state index in [2.05, 4.69) is 16.0 Å². The summed E-state index contributed by atoms with van der Waals surface area (Å²) in [4.78, 5) is 35.4. The Morgan fingerprint density at radius 1 is 0.464 bits per heavy atom. The van der Waals surface area contributed by atoms with Crippen LogP contribution in [0.25, 0.3) is 0 Å². The number of hydrogen-bond donors (Lipinski definition) is 18. The Hall–Kier alpha value is -2.59. The van der Waals surface area contributed by atoms with Gasteiger partial charge in [0.2, 0.25) is 18.2 Å². The van der Waals surface area contributed by atoms with Gasteiger partial charge in [-0.2, -0.15) is 0 Å². The summed E-state index contributed by atoms with van der Waals surface area (Å²) in [6, 6.07) is -4.27. The summed E-state index contributed by atoms with van der Waals surface area (Å²) in [7, 11) is 0. The molecule has 0 aromatic heterocycles. The molecular formula is C38H65N3O28. The molecule has 69 heavy (non-hydrogen) atoms. The molecule has 5 aliphatic rings. The zero-order chi connectivity index (χ0) is 51.0. The summed E-state index contributed by atoms with van der Waals surface area (Å²) >= 11 is 0. The van der Waals surface area contributed by atoms with Gasteiger partial charge in [-0.15, -0.1) is 0 Å². The summed E-state index contributed by atoms with van der Waals surface area (Å²) < 4.78 is 57.0. The van der Waals surface area contributed by atoms with Gasteiger partial charge in [-0.25, -0.2) is 0 Å². The predicted octanol–water partition coefficient (Wildman–Crippen LogP) is -12.5. The lowest BCUT2D eigenvalue weighted by atomic mass is 9.94. The first kappa shape index (κ1) is 57.3. The van der Waals surface area contributed by atoms with Crippen LogP contribution in [0.4, 0.5) is 0 Å². The average molecular weight is 1010 g/mol. The van der Waals surface area contributed by atoms with Crippen molar-refractivity contribution in [2.24, 2.45) is 0 Å². The predicted molar refractivity (Wildman–Crippen MR) is 214 cm³/mol. The molecule has 0 aromatic rings. The third-order valence-corrected chi connectivity index (χ3v) is 12.1. The Kier molecular flexibility index (Phi) is 21.5. The van der Waals surface area contributed by atoms with Crippen LogP contribution in [0.15, 0.2) is 0 Å². The third kappa shape index (κ3) is 13.2. The van der Waals surface area contributed by atoms with E-state index in [1.165, 1.54) is 0 Å². The lowest BCUT2D eigenvalue weighted by Crippen LogP contribution is -2.70. The van der Waals surface area contributed by atoms with Crippen LogP contribution >= 0.6 is 0 Å². The summed E-state index contributed by atoms with van der Waals surface area (Å²) in [6.45, 7) is -3.64. The van der Waals surface area contributed by atoms with Crippen LogP contribution in [0.1, 0.15) is 13.8 Å².